The van der Waals surface area contributed by atoms with Crippen molar-refractivity contribution in [2.75, 3.05) is 47.3 Å². The molecule has 1 unspecified atom stereocenters. The predicted octanol–water partition coefficient (Wildman–Crippen LogP) is 8.98. The molecule has 10 nitrogen and oxygen atoms in total. The highest BCUT2D eigenvalue weighted by molar-refractivity contribution is 5.94. The van der Waals surface area contributed by atoms with Gasteiger partial charge in [0.05, 0.1) is 43.2 Å². The largest absolute Gasteiger partial charge is 0.493 e. The molecule has 0 spiro atoms. The molecule has 4 heterocycles. The Bertz CT molecular complexity index is 1940. The number of rotatable bonds is 7. The second kappa shape index (κ2) is 20.3. The molecule has 284 valence electrons. The van der Waals surface area contributed by atoms with Crippen molar-refractivity contribution in [3.63, 3.8) is 0 Å². The van der Waals surface area contributed by atoms with Crippen molar-refractivity contribution in [3.05, 3.63) is 100 Å². The van der Waals surface area contributed by atoms with E-state index < -0.39 is 5.97 Å². The smallest absolute Gasteiger partial charge is 0.337 e. The predicted molar refractivity (Wildman–Crippen MR) is 209 cm³/mol. The minimum absolute atomic E-state index is 0.150. The first-order valence-corrected chi connectivity index (χ1v) is 18.9. The van der Waals surface area contributed by atoms with Crippen LogP contribution in [0.5, 0.6) is 17.4 Å². The average Bonchev–Trinajstić information content (AvgIpc) is 3.34. The van der Waals surface area contributed by atoms with Crippen molar-refractivity contribution in [1.29, 1.82) is 5.26 Å². The van der Waals surface area contributed by atoms with Crippen LogP contribution < -0.4 is 14.2 Å². The number of aliphatic imine (C=N–C) groups is 1. The van der Waals surface area contributed by atoms with Crippen LogP contribution >= 0.6 is 0 Å². The second-order valence-corrected chi connectivity index (χ2v) is 13.0. The van der Waals surface area contributed by atoms with Crippen LogP contribution in [0, 0.1) is 11.3 Å². The zero-order valence-electron chi connectivity index (χ0n) is 32.1. The summed E-state index contributed by atoms with van der Waals surface area (Å²) < 4.78 is 33.7. The van der Waals surface area contributed by atoms with E-state index >= 15 is 0 Å². The fraction of sp³-hybridized carbons (Fsp3) is 0.409. The first-order chi connectivity index (χ1) is 26.4. The maximum Gasteiger partial charge on any atom is 0.337 e. The van der Waals surface area contributed by atoms with Gasteiger partial charge in [0.2, 0.25) is 5.88 Å². The Morgan fingerprint density at radius 1 is 0.926 bits per heavy atom. The Hall–Kier alpha value is -5.24. The number of benzene rings is 3. The summed E-state index contributed by atoms with van der Waals surface area (Å²) in [6, 6.07) is 23.5. The fourth-order valence-corrected chi connectivity index (χ4v) is 6.27. The molecule has 54 heavy (non-hydrogen) atoms. The van der Waals surface area contributed by atoms with E-state index in [-0.39, 0.29) is 5.92 Å². The number of hydrogen-bond donors (Lipinski definition) is 0. The minimum Gasteiger partial charge on any atom is -0.493 e. The van der Waals surface area contributed by atoms with Gasteiger partial charge in [0.1, 0.15) is 30.4 Å². The van der Waals surface area contributed by atoms with Gasteiger partial charge >= 0.3 is 5.97 Å². The van der Waals surface area contributed by atoms with Gasteiger partial charge in [-0.15, -0.1) is 0 Å². The van der Waals surface area contributed by atoms with Crippen LogP contribution in [0.4, 0.5) is 5.69 Å². The highest BCUT2D eigenvalue weighted by Gasteiger charge is 2.24. The van der Waals surface area contributed by atoms with Crippen LogP contribution in [0.3, 0.4) is 0 Å². The molecular formula is C44H51N3O7. The minimum atomic E-state index is -0.413. The van der Waals surface area contributed by atoms with Crippen molar-refractivity contribution >= 4 is 17.4 Å². The van der Waals surface area contributed by atoms with E-state index in [4.69, 9.17) is 38.4 Å². The molecule has 7 rings (SSSR count). The van der Waals surface area contributed by atoms with Gasteiger partial charge in [-0.25, -0.2) is 9.78 Å². The van der Waals surface area contributed by atoms with Gasteiger partial charge in [0.15, 0.2) is 0 Å². The zero-order valence-corrected chi connectivity index (χ0v) is 32.1. The third kappa shape index (κ3) is 10.5. The second-order valence-electron chi connectivity index (χ2n) is 13.0. The Labute approximate surface area is 319 Å². The van der Waals surface area contributed by atoms with E-state index in [0.717, 1.165) is 89.6 Å². The number of carbonyl (C=O) groups is 1. The van der Waals surface area contributed by atoms with Crippen LogP contribution in [-0.2, 0) is 33.7 Å². The first-order valence-electron chi connectivity index (χ1n) is 18.9. The third-order valence-corrected chi connectivity index (χ3v) is 9.35. The van der Waals surface area contributed by atoms with Crippen LogP contribution in [0.1, 0.15) is 90.5 Å². The quantitative estimate of drug-likeness (QED) is 0.135. The number of pyridine rings is 1. The average molecular weight is 734 g/mol. The van der Waals surface area contributed by atoms with E-state index in [1.165, 1.54) is 13.5 Å². The Morgan fingerprint density at radius 2 is 1.74 bits per heavy atom. The lowest BCUT2D eigenvalue weighted by Gasteiger charge is -2.17. The van der Waals surface area contributed by atoms with E-state index in [1.807, 2.05) is 62.4 Å². The summed E-state index contributed by atoms with van der Waals surface area (Å²) in [6.45, 7) is 9.76. The summed E-state index contributed by atoms with van der Waals surface area (Å²) in [4.78, 5) is 22.5. The van der Waals surface area contributed by atoms with Gasteiger partial charge in [-0.05, 0) is 96.7 Å². The number of carbonyl (C=O) groups excluding carboxylic acids is 1. The molecule has 3 aromatic carbocycles. The Balaban J connectivity index is 0.000000863. The van der Waals surface area contributed by atoms with Gasteiger partial charge in [0.25, 0.3) is 0 Å². The van der Waals surface area contributed by atoms with E-state index in [2.05, 4.69) is 25.1 Å². The van der Waals surface area contributed by atoms with Gasteiger partial charge in [-0.1, -0.05) is 45.0 Å². The molecule has 4 aromatic rings. The number of nitrogens with zero attached hydrogens (tertiary/aromatic N) is 3. The molecule has 0 radical (unpaired) electrons. The monoisotopic (exact) mass is 733 g/mol. The molecule has 0 amide bonds. The highest BCUT2D eigenvalue weighted by atomic mass is 16.5. The van der Waals surface area contributed by atoms with Crippen LogP contribution in [0.15, 0.2) is 71.7 Å². The van der Waals surface area contributed by atoms with Gasteiger partial charge in [0, 0.05) is 44.1 Å². The molecule has 0 N–H and O–H groups in total. The lowest BCUT2D eigenvalue weighted by molar-refractivity contribution is 0.0367. The van der Waals surface area contributed by atoms with Crippen LogP contribution in [-0.4, -0.2) is 63.9 Å². The van der Waals surface area contributed by atoms with Crippen molar-refractivity contribution in [2.45, 2.75) is 71.8 Å². The lowest BCUT2D eigenvalue weighted by atomic mass is 9.92. The molecule has 4 bridgehead atoms. The van der Waals surface area contributed by atoms with Crippen LogP contribution in [0.25, 0.3) is 11.3 Å². The molecule has 1 atom stereocenters. The number of esters is 1. The van der Waals surface area contributed by atoms with Crippen LogP contribution in [0.2, 0.25) is 0 Å². The fourth-order valence-electron chi connectivity index (χ4n) is 6.27. The van der Waals surface area contributed by atoms with Crippen molar-refractivity contribution < 1.29 is 33.2 Å². The van der Waals surface area contributed by atoms with Gasteiger partial charge in [-0.3, -0.25) is 4.99 Å². The summed E-state index contributed by atoms with van der Waals surface area (Å²) in [6.07, 6.45) is 5.02. The summed E-state index contributed by atoms with van der Waals surface area (Å²) in [5, 5.41) is 9.49. The number of aryl methyl sites for hydroxylation is 1. The van der Waals surface area contributed by atoms with Crippen molar-refractivity contribution in [1.82, 2.24) is 4.98 Å². The summed E-state index contributed by atoms with van der Waals surface area (Å²) in [5.74, 6) is 1.59. The highest BCUT2D eigenvalue weighted by Crippen LogP contribution is 2.42. The third-order valence-electron chi connectivity index (χ3n) is 9.35. The standard InChI is InChI=1S/C39H39N3O6.C3H6O.C2H6/c1-25-9-14-32(41-38-33(25)20-31(39(43)45-3)22-36(38)47-17-16-44-2)19-29-13-12-28-21-35(29)46-15-5-6-27-18-26(23-40)10-11-30(27)24-48-37-8-4-7-34(28)42-37;1-2-4-3-1;1-2/h4,7-8,10-13,18,20-22,25H,5-6,9,14-17,19,24H2,1-3H3;1-3H2;1-2H3. The molecule has 0 saturated carbocycles. The molecule has 0 aliphatic carbocycles. The molecule has 1 saturated heterocycles. The maximum atomic E-state index is 12.5. The first kappa shape index (κ1) is 40.0. The molecule has 1 fully saturated rings. The van der Waals surface area contributed by atoms with Gasteiger partial charge < -0.3 is 28.4 Å². The normalized spacial score (nSPS) is 15.7. The summed E-state index contributed by atoms with van der Waals surface area (Å²) >= 11 is 0. The molecular weight excluding hydrogens is 682 g/mol. The number of methoxy groups -OCH3 is 2. The topological polar surface area (TPSA) is 121 Å². The number of nitriles is 1. The maximum absolute atomic E-state index is 12.5. The van der Waals surface area contributed by atoms with E-state index in [0.29, 0.717) is 55.6 Å². The van der Waals surface area contributed by atoms with Crippen molar-refractivity contribution in [3.8, 4) is 34.7 Å². The lowest BCUT2D eigenvalue weighted by Crippen LogP contribution is -2.09. The van der Waals surface area contributed by atoms with E-state index in [1.54, 1.807) is 13.2 Å². The number of aromatic nitrogens is 1. The number of ether oxygens (including phenoxy) is 6. The van der Waals surface area contributed by atoms with Crippen molar-refractivity contribution in [2.24, 2.45) is 4.99 Å². The number of hydrogen-bond acceptors (Lipinski definition) is 10. The summed E-state index contributed by atoms with van der Waals surface area (Å²) in [7, 11) is 3.00. The molecule has 10 heteroatoms. The molecule has 3 aliphatic rings. The SMILES string of the molecule is C1COC1.CC.COCCOc1cc(C(=O)OC)cc2c1N=C(Cc1ccc3cc1OCCCc1cc(C#N)ccc1COc1cccc-3n1)CCC2C. The molecule has 3 aliphatic heterocycles. The Kier molecular flexibility index (Phi) is 15.0. The summed E-state index contributed by atoms with van der Waals surface area (Å²) in [5.41, 5.74) is 8.60. The van der Waals surface area contributed by atoms with E-state index in [9.17, 15) is 10.1 Å². The zero-order chi connectivity index (χ0) is 38.3. The molecule has 1 aromatic heterocycles. The number of fused-ring (bicyclic) bond motifs is 7. The van der Waals surface area contributed by atoms with Gasteiger partial charge in [-0.2, -0.15) is 5.26 Å². The Morgan fingerprint density at radius 3 is 2.48 bits per heavy atom.